The minimum atomic E-state index is 0.258. The molecule has 1 aromatic rings. The third kappa shape index (κ3) is 3.49. The molecule has 1 aliphatic rings. The van der Waals surface area contributed by atoms with E-state index in [1.54, 1.807) is 0 Å². The summed E-state index contributed by atoms with van der Waals surface area (Å²) in [5, 5.41) is 3.80. The number of nitrogens with one attached hydrogen (secondary N) is 1. The topological polar surface area (TPSA) is 15.3 Å². The molecule has 0 heterocycles. The summed E-state index contributed by atoms with van der Waals surface area (Å²) in [4.78, 5) is 2.48. The zero-order valence-electron chi connectivity index (χ0n) is 14.5. The van der Waals surface area contributed by atoms with E-state index in [0.717, 1.165) is 6.54 Å². The van der Waals surface area contributed by atoms with Crippen LogP contribution in [-0.4, -0.2) is 31.1 Å². The standard InChI is InChI=1S/C19H32N2/c1-6-20-18(17-13-15(2)12-16(3)14-17)19(21(4)5)10-8-7-9-11-19/h12-14,18,20H,6-11H2,1-5H3. The summed E-state index contributed by atoms with van der Waals surface area (Å²) in [5.74, 6) is 0. The lowest BCUT2D eigenvalue weighted by molar-refractivity contribution is 0.0570. The Morgan fingerprint density at radius 3 is 2.10 bits per heavy atom. The van der Waals surface area contributed by atoms with Gasteiger partial charge < -0.3 is 10.2 Å². The summed E-state index contributed by atoms with van der Waals surface area (Å²) >= 11 is 0. The molecule has 1 N–H and O–H groups in total. The lowest BCUT2D eigenvalue weighted by Gasteiger charge is -2.49. The van der Waals surface area contributed by atoms with Gasteiger partial charge in [-0.1, -0.05) is 55.5 Å². The fourth-order valence-electron chi connectivity index (χ4n) is 4.16. The summed E-state index contributed by atoms with van der Waals surface area (Å²) < 4.78 is 0. The molecule has 1 aliphatic carbocycles. The Balaban J connectivity index is 2.44. The van der Waals surface area contributed by atoms with Gasteiger partial charge in [0.15, 0.2) is 0 Å². The van der Waals surface area contributed by atoms with Crippen molar-refractivity contribution in [1.29, 1.82) is 0 Å². The highest BCUT2D eigenvalue weighted by Gasteiger charge is 2.42. The Morgan fingerprint density at radius 1 is 1.05 bits per heavy atom. The number of aryl methyl sites for hydroxylation is 2. The SMILES string of the molecule is CCNC(c1cc(C)cc(C)c1)C1(N(C)C)CCCCC1. The largest absolute Gasteiger partial charge is 0.309 e. The molecule has 2 heteroatoms. The molecule has 0 saturated heterocycles. The van der Waals surface area contributed by atoms with Crippen LogP contribution in [0, 0.1) is 13.8 Å². The lowest BCUT2D eigenvalue weighted by atomic mass is 9.72. The van der Waals surface area contributed by atoms with Gasteiger partial charge in [0.2, 0.25) is 0 Å². The monoisotopic (exact) mass is 288 g/mol. The van der Waals surface area contributed by atoms with Gasteiger partial charge in [0, 0.05) is 5.54 Å². The molecular formula is C19H32N2. The Bertz CT molecular complexity index is 438. The second-order valence-electron chi connectivity index (χ2n) is 6.97. The quantitative estimate of drug-likeness (QED) is 0.872. The summed E-state index contributed by atoms with van der Waals surface area (Å²) in [6.45, 7) is 7.67. The van der Waals surface area contributed by atoms with E-state index >= 15 is 0 Å². The van der Waals surface area contributed by atoms with Crippen LogP contribution in [0.4, 0.5) is 0 Å². The first-order chi connectivity index (χ1) is 9.99. The molecule has 0 aromatic heterocycles. The van der Waals surface area contributed by atoms with Crippen molar-refractivity contribution in [3.8, 4) is 0 Å². The maximum Gasteiger partial charge on any atom is 0.0507 e. The van der Waals surface area contributed by atoms with Gasteiger partial charge in [0.1, 0.15) is 0 Å². The van der Waals surface area contributed by atoms with Crippen molar-refractivity contribution in [3.05, 3.63) is 34.9 Å². The van der Waals surface area contributed by atoms with Crippen molar-refractivity contribution in [1.82, 2.24) is 10.2 Å². The zero-order valence-corrected chi connectivity index (χ0v) is 14.5. The minimum absolute atomic E-state index is 0.258. The normalized spacial score (nSPS) is 19.7. The van der Waals surface area contributed by atoms with Crippen LogP contribution in [0.3, 0.4) is 0 Å². The molecule has 0 amide bonds. The number of rotatable bonds is 5. The summed E-state index contributed by atoms with van der Waals surface area (Å²) in [6.07, 6.45) is 6.69. The number of hydrogen-bond donors (Lipinski definition) is 1. The molecule has 21 heavy (non-hydrogen) atoms. The van der Waals surface area contributed by atoms with Crippen molar-refractivity contribution in [2.45, 2.75) is 64.5 Å². The van der Waals surface area contributed by atoms with Crippen molar-refractivity contribution < 1.29 is 0 Å². The molecule has 1 atom stereocenters. The molecule has 0 radical (unpaired) electrons. The Morgan fingerprint density at radius 2 is 1.62 bits per heavy atom. The van der Waals surface area contributed by atoms with Crippen LogP contribution in [0.25, 0.3) is 0 Å². The van der Waals surface area contributed by atoms with Crippen LogP contribution < -0.4 is 5.32 Å². The van der Waals surface area contributed by atoms with Gasteiger partial charge >= 0.3 is 0 Å². The Kier molecular flexibility index (Phi) is 5.45. The van der Waals surface area contributed by atoms with E-state index in [-0.39, 0.29) is 5.54 Å². The summed E-state index contributed by atoms with van der Waals surface area (Å²) in [5.41, 5.74) is 4.47. The van der Waals surface area contributed by atoms with Crippen LogP contribution in [-0.2, 0) is 0 Å². The van der Waals surface area contributed by atoms with Crippen LogP contribution in [0.2, 0.25) is 0 Å². The zero-order chi connectivity index (χ0) is 15.5. The average molecular weight is 288 g/mol. The van der Waals surface area contributed by atoms with E-state index in [0.29, 0.717) is 6.04 Å². The highest BCUT2D eigenvalue weighted by molar-refractivity contribution is 5.33. The van der Waals surface area contributed by atoms with Crippen LogP contribution in [0.15, 0.2) is 18.2 Å². The second-order valence-corrected chi connectivity index (χ2v) is 6.97. The van der Waals surface area contributed by atoms with E-state index < -0.39 is 0 Å². The number of benzene rings is 1. The Hall–Kier alpha value is -0.860. The van der Waals surface area contributed by atoms with E-state index in [1.807, 2.05) is 0 Å². The maximum absolute atomic E-state index is 3.80. The molecule has 118 valence electrons. The Labute approximate surface area is 130 Å². The highest BCUT2D eigenvalue weighted by Crippen LogP contribution is 2.42. The highest BCUT2D eigenvalue weighted by atomic mass is 15.2. The number of hydrogen-bond acceptors (Lipinski definition) is 2. The molecular weight excluding hydrogens is 256 g/mol. The summed E-state index contributed by atoms with van der Waals surface area (Å²) in [7, 11) is 4.52. The maximum atomic E-state index is 3.80. The molecule has 2 nitrogen and oxygen atoms in total. The van der Waals surface area contributed by atoms with E-state index in [4.69, 9.17) is 0 Å². The predicted molar refractivity (Wildman–Crippen MR) is 91.8 cm³/mol. The van der Waals surface area contributed by atoms with Gasteiger partial charge in [0.05, 0.1) is 6.04 Å². The molecule has 1 aromatic carbocycles. The van der Waals surface area contributed by atoms with Crippen LogP contribution in [0.5, 0.6) is 0 Å². The third-order valence-electron chi connectivity index (χ3n) is 5.13. The van der Waals surface area contributed by atoms with Gasteiger partial charge in [0.25, 0.3) is 0 Å². The molecule has 1 saturated carbocycles. The molecule has 2 rings (SSSR count). The van der Waals surface area contributed by atoms with E-state index in [1.165, 1.54) is 48.8 Å². The molecule has 1 unspecified atom stereocenters. The lowest BCUT2D eigenvalue weighted by Crippen LogP contribution is -2.54. The first-order valence-corrected chi connectivity index (χ1v) is 8.48. The molecule has 1 fully saturated rings. The van der Waals surface area contributed by atoms with Gasteiger partial charge in [-0.2, -0.15) is 0 Å². The van der Waals surface area contributed by atoms with Crippen molar-refractivity contribution in [3.63, 3.8) is 0 Å². The molecule has 0 bridgehead atoms. The van der Waals surface area contributed by atoms with Crippen molar-refractivity contribution in [2.75, 3.05) is 20.6 Å². The first-order valence-electron chi connectivity index (χ1n) is 8.48. The second kappa shape index (κ2) is 6.93. The van der Waals surface area contributed by atoms with Crippen LogP contribution in [0.1, 0.15) is 61.8 Å². The fraction of sp³-hybridized carbons (Fsp3) is 0.684. The average Bonchev–Trinajstić information content (AvgIpc) is 2.44. The van der Waals surface area contributed by atoms with Gasteiger partial charge in [-0.3, -0.25) is 0 Å². The predicted octanol–water partition coefficient (Wildman–Crippen LogP) is 4.22. The number of nitrogens with zero attached hydrogens (tertiary/aromatic N) is 1. The summed E-state index contributed by atoms with van der Waals surface area (Å²) in [6, 6.07) is 7.45. The fourth-order valence-corrected chi connectivity index (χ4v) is 4.16. The minimum Gasteiger partial charge on any atom is -0.309 e. The molecule has 0 spiro atoms. The van der Waals surface area contributed by atoms with Gasteiger partial charge in [-0.05, 0) is 52.9 Å². The van der Waals surface area contributed by atoms with Gasteiger partial charge in [-0.15, -0.1) is 0 Å². The number of likely N-dealkylation sites (N-methyl/N-ethyl adjacent to an activating group) is 2. The van der Waals surface area contributed by atoms with E-state index in [9.17, 15) is 0 Å². The van der Waals surface area contributed by atoms with Crippen molar-refractivity contribution >= 4 is 0 Å². The third-order valence-corrected chi connectivity index (χ3v) is 5.13. The van der Waals surface area contributed by atoms with E-state index in [2.05, 4.69) is 63.3 Å². The molecule has 0 aliphatic heterocycles. The first kappa shape index (κ1) is 16.5. The smallest absolute Gasteiger partial charge is 0.0507 e. The van der Waals surface area contributed by atoms with Crippen LogP contribution >= 0.6 is 0 Å². The van der Waals surface area contributed by atoms with Gasteiger partial charge in [-0.25, -0.2) is 0 Å². The van der Waals surface area contributed by atoms with Crippen molar-refractivity contribution in [2.24, 2.45) is 0 Å².